The second kappa shape index (κ2) is 7.58. The summed E-state index contributed by atoms with van der Waals surface area (Å²) in [5.41, 5.74) is 0.706. The average molecular weight is 253 g/mol. The van der Waals surface area contributed by atoms with Crippen LogP contribution in [0.25, 0.3) is 6.08 Å². The number of halogens is 1. The summed E-state index contributed by atoms with van der Waals surface area (Å²) in [6, 6.07) is 5.73. The van der Waals surface area contributed by atoms with Crippen LogP contribution in [0.3, 0.4) is 0 Å². The van der Waals surface area contributed by atoms with E-state index in [1.165, 1.54) is 23.1 Å². The van der Waals surface area contributed by atoms with Crippen LogP contribution in [-0.2, 0) is 4.79 Å². The predicted octanol–water partition coefficient (Wildman–Crippen LogP) is 0.652. The third-order valence-corrected chi connectivity index (χ3v) is 2.34. The maximum Gasteiger partial charge on any atom is 0.246 e. The topological polar surface area (TPSA) is 60.8 Å². The first-order valence-electron chi connectivity index (χ1n) is 5.61. The van der Waals surface area contributed by atoms with Gasteiger partial charge in [-0.1, -0.05) is 12.1 Å². The van der Waals surface area contributed by atoms with E-state index in [2.05, 4.69) is 0 Å². The van der Waals surface area contributed by atoms with Gasteiger partial charge in [0.2, 0.25) is 5.91 Å². The molecule has 0 aromatic heterocycles. The van der Waals surface area contributed by atoms with E-state index >= 15 is 0 Å². The Morgan fingerprint density at radius 3 is 2.22 bits per heavy atom. The SMILES string of the molecule is O=C(C=Cc1ccc(F)cc1)N(CCO)CCO. The zero-order valence-corrected chi connectivity index (χ0v) is 9.92. The smallest absolute Gasteiger partial charge is 0.246 e. The molecule has 18 heavy (non-hydrogen) atoms. The fourth-order valence-electron chi connectivity index (χ4n) is 1.42. The molecule has 98 valence electrons. The molecule has 5 heteroatoms. The van der Waals surface area contributed by atoms with Crippen molar-refractivity contribution >= 4 is 12.0 Å². The van der Waals surface area contributed by atoms with Gasteiger partial charge in [0.1, 0.15) is 5.82 Å². The minimum absolute atomic E-state index is 0.157. The van der Waals surface area contributed by atoms with E-state index in [0.717, 1.165) is 0 Å². The monoisotopic (exact) mass is 253 g/mol. The van der Waals surface area contributed by atoms with Crippen molar-refractivity contribution in [2.24, 2.45) is 0 Å². The number of carbonyl (C=O) groups is 1. The van der Waals surface area contributed by atoms with Crippen LogP contribution in [0.5, 0.6) is 0 Å². The number of amides is 1. The summed E-state index contributed by atoms with van der Waals surface area (Å²) in [4.78, 5) is 13.0. The fourth-order valence-corrected chi connectivity index (χ4v) is 1.42. The highest BCUT2D eigenvalue weighted by Gasteiger charge is 2.08. The highest BCUT2D eigenvalue weighted by molar-refractivity contribution is 5.91. The lowest BCUT2D eigenvalue weighted by molar-refractivity contribution is -0.126. The molecule has 0 bridgehead atoms. The van der Waals surface area contributed by atoms with Gasteiger partial charge in [0.25, 0.3) is 0 Å². The highest BCUT2D eigenvalue weighted by Crippen LogP contribution is 2.05. The van der Waals surface area contributed by atoms with Crippen molar-refractivity contribution in [3.8, 4) is 0 Å². The van der Waals surface area contributed by atoms with Crippen molar-refractivity contribution in [3.63, 3.8) is 0 Å². The molecule has 1 aromatic rings. The molecule has 1 rings (SSSR count). The molecule has 1 aromatic carbocycles. The molecule has 0 aliphatic rings. The van der Waals surface area contributed by atoms with E-state index in [1.54, 1.807) is 18.2 Å². The first kappa shape index (κ1) is 14.3. The normalized spacial score (nSPS) is 10.8. The van der Waals surface area contributed by atoms with Crippen molar-refractivity contribution < 1.29 is 19.4 Å². The number of nitrogens with zero attached hydrogens (tertiary/aromatic N) is 1. The molecule has 0 unspecified atom stereocenters. The quantitative estimate of drug-likeness (QED) is 0.732. The Bertz CT molecular complexity index is 397. The third kappa shape index (κ3) is 4.65. The van der Waals surface area contributed by atoms with Crippen molar-refractivity contribution in [1.82, 2.24) is 4.90 Å². The van der Waals surface area contributed by atoms with Crippen molar-refractivity contribution in [2.75, 3.05) is 26.3 Å². The number of hydrogen-bond acceptors (Lipinski definition) is 3. The number of hydrogen-bond donors (Lipinski definition) is 2. The van der Waals surface area contributed by atoms with Gasteiger partial charge in [-0.2, -0.15) is 0 Å². The van der Waals surface area contributed by atoms with Gasteiger partial charge in [0.15, 0.2) is 0 Å². The average Bonchev–Trinajstić information content (AvgIpc) is 2.37. The Morgan fingerprint density at radius 2 is 1.72 bits per heavy atom. The molecule has 4 nitrogen and oxygen atoms in total. The maximum atomic E-state index is 12.7. The fraction of sp³-hybridized carbons (Fsp3) is 0.308. The third-order valence-electron chi connectivity index (χ3n) is 2.34. The zero-order valence-electron chi connectivity index (χ0n) is 9.92. The first-order valence-corrected chi connectivity index (χ1v) is 5.61. The second-order valence-electron chi connectivity index (χ2n) is 3.66. The Hall–Kier alpha value is -1.72. The van der Waals surface area contributed by atoms with Gasteiger partial charge in [0, 0.05) is 19.2 Å². The van der Waals surface area contributed by atoms with E-state index in [9.17, 15) is 9.18 Å². The molecule has 2 N–H and O–H groups in total. The number of aliphatic hydroxyl groups excluding tert-OH is 2. The van der Waals surface area contributed by atoms with Gasteiger partial charge in [-0.25, -0.2) is 4.39 Å². The molecule has 0 heterocycles. The lowest BCUT2D eigenvalue weighted by Gasteiger charge is -2.18. The number of aliphatic hydroxyl groups is 2. The van der Waals surface area contributed by atoms with Crippen molar-refractivity contribution in [2.45, 2.75) is 0 Å². The van der Waals surface area contributed by atoms with Gasteiger partial charge in [-0.3, -0.25) is 4.79 Å². The van der Waals surface area contributed by atoms with Crippen LogP contribution >= 0.6 is 0 Å². The molecular formula is C13H16FNO3. The lowest BCUT2D eigenvalue weighted by atomic mass is 10.2. The molecular weight excluding hydrogens is 237 g/mol. The number of rotatable bonds is 6. The minimum Gasteiger partial charge on any atom is -0.395 e. The van der Waals surface area contributed by atoms with Crippen LogP contribution in [0, 0.1) is 5.82 Å². The molecule has 0 aliphatic carbocycles. The van der Waals surface area contributed by atoms with E-state index in [1.807, 2.05) is 0 Å². The van der Waals surface area contributed by atoms with Crippen LogP contribution in [0.1, 0.15) is 5.56 Å². The summed E-state index contributed by atoms with van der Waals surface area (Å²) in [5, 5.41) is 17.6. The number of benzene rings is 1. The van der Waals surface area contributed by atoms with Crippen molar-refractivity contribution in [1.29, 1.82) is 0 Å². The first-order chi connectivity index (χ1) is 8.67. The highest BCUT2D eigenvalue weighted by atomic mass is 19.1. The molecule has 0 spiro atoms. The summed E-state index contributed by atoms with van der Waals surface area (Å²) in [6.07, 6.45) is 2.89. The van der Waals surface area contributed by atoms with Gasteiger partial charge in [-0.15, -0.1) is 0 Å². The van der Waals surface area contributed by atoms with Gasteiger partial charge >= 0.3 is 0 Å². The molecule has 0 saturated carbocycles. The molecule has 0 radical (unpaired) electrons. The van der Waals surface area contributed by atoms with Gasteiger partial charge in [-0.05, 0) is 23.8 Å². The van der Waals surface area contributed by atoms with E-state index in [4.69, 9.17) is 10.2 Å². The molecule has 1 amide bonds. The Morgan fingerprint density at radius 1 is 1.17 bits per heavy atom. The van der Waals surface area contributed by atoms with Gasteiger partial charge < -0.3 is 15.1 Å². The summed E-state index contributed by atoms with van der Waals surface area (Å²) in [7, 11) is 0. The van der Waals surface area contributed by atoms with Crippen LogP contribution in [-0.4, -0.2) is 47.3 Å². The van der Waals surface area contributed by atoms with Crippen molar-refractivity contribution in [3.05, 3.63) is 41.7 Å². The largest absolute Gasteiger partial charge is 0.395 e. The summed E-state index contributed by atoms with van der Waals surface area (Å²) in [6.45, 7) is 0.0343. The Balaban J connectivity index is 2.63. The number of carbonyl (C=O) groups excluding carboxylic acids is 1. The summed E-state index contributed by atoms with van der Waals surface area (Å²) < 4.78 is 12.7. The second-order valence-corrected chi connectivity index (χ2v) is 3.66. The molecule has 0 fully saturated rings. The van der Waals surface area contributed by atoms with Crippen LogP contribution in [0.4, 0.5) is 4.39 Å². The van der Waals surface area contributed by atoms with Crippen LogP contribution in [0.2, 0.25) is 0 Å². The van der Waals surface area contributed by atoms with E-state index < -0.39 is 0 Å². The van der Waals surface area contributed by atoms with E-state index in [0.29, 0.717) is 5.56 Å². The molecule has 0 aliphatic heterocycles. The Kier molecular flexibility index (Phi) is 6.04. The lowest BCUT2D eigenvalue weighted by Crippen LogP contribution is -2.34. The van der Waals surface area contributed by atoms with E-state index in [-0.39, 0.29) is 38.0 Å². The van der Waals surface area contributed by atoms with Gasteiger partial charge in [0.05, 0.1) is 13.2 Å². The summed E-state index contributed by atoms with van der Waals surface area (Å²) >= 11 is 0. The summed E-state index contributed by atoms with van der Waals surface area (Å²) in [5.74, 6) is -0.636. The molecule has 0 saturated heterocycles. The Labute approximate surface area is 105 Å². The maximum absolute atomic E-state index is 12.7. The van der Waals surface area contributed by atoms with Crippen LogP contribution < -0.4 is 0 Å². The molecule has 0 atom stereocenters. The minimum atomic E-state index is -0.333. The zero-order chi connectivity index (χ0) is 13.4. The van der Waals surface area contributed by atoms with Crippen LogP contribution in [0.15, 0.2) is 30.3 Å². The predicted molar refractivity (Wildman–Crippen MR) is 66.2 cm³/mol. The standard InChI is InChI=1S/C13H16FNO3/c14-12-4-1-11(2-5-12)3-6-13(18)15(7-9-16)8-10-17/h1-6,16-17H,7-10H2.